The molecular formula is C13H19N7. The molecule has 0 spiro atoms. The second-order valence-electron chi connectivity index (χ2n) is 6.12. The third-order valence-electron chi connectivity index (χ3n) is 4.59. The summed E-state index contributed by atoms with van der Waals surface area (Å²) in [4.78, 5) is 12.9. The van der Waals surface area contributed by atoms with E-state index in [0.717, 1.165) is 0 Å². The summed E-state index contributed by atoms with van der Waals surface area (Å²) in [6.07, 6.45) is 6.54. The van der Waals surface area contributed by atoms with Crippen LogP contribution >= 0.6 is 0 Å². The minimum Gasteiger partial charge on any atom is -0.382 e. The summed E-state index contributed by atoms with van der Waals surface area (Å²) in [7, 11) is 0. The topological polar surface area (TPSA) is 128 Å². The molecule has 106 valence electrons. The molecule has 1 atom stereocenters. The normalized spacial score (nSPS) is 28.3. The van der Waals surface area contributed by atoms with Crippen LogP contribution in [0, 0.1) is 17.8 Å². The molecular weight excluding hydrogens is 254 g/mol. The van der Waals surface area contributed by atoms with E-state index in [4.69, 9.17) is 17.2 Å². The third-order valence-corrected chi connectivity index (χ3v) is 4.59. The van der Waals surface area contributed by atoms with Crippen molar-refractivity contribution >= 4 is 23.8 Å². The number of aromatic nitrogens is 2. The van der Waals surface area contributed by atoms with E-state index >= 15 is 0 Å². The van der Waals surface area contributed by atoms with Gasteiger partial charge in [0, 0.05) is 5.92 Å². The van der Waals surface area contributed by atoms with E-state index in [0.29, 0.717) is 35.0 Å². The molecule has 0 saturated heterocycles. The van der Waals surface area contributed by atoms with E-state index in [9.17, 15) is 0 Å². The molecule has 7 nitrogen and oxygen atoms in total. The first-order valence-electron chi connectivity index (χ1n) is 7.12. The Kier molecular flexibility index (Phi) is 2.27. The Morgan fingerprint density at radius 2 is 1.80 bits per heavy atom. The second-order valence-corrected chi connectivity index (χ2v) is 6.12. The summed E-state index contributed by atoms with van der Waals surface area (Å²) in [6, 6.07) is 0. The summed E-state index contributed by atoms with van der Waals surface area (Å²) in [5.74, 6) is 2.11. The van der Waals surface area contributed by atoms with Crippen molar-refractivity contribution < 1.29 is 0 Å². The molecule has 4 rings (SSSR count). The number of rotatable bonds is 3. The predicted octanol–water partition coefficient (Wildman–Crippen LogP) is 0.642. The van der Waals surface area contributed by atoms with E-state index < -0.39 is 5.66 Å². The van der Waals surface area contributed by atoms with Gasteiger partial charge in [0.25, 0.3) is 0 Å². The maximum absolute atomic E-state index is 6.70. The highest BCUT2D eigenvalue weighted by Crippen LogP contribution is 2.57. The smallest absolute Gasteiger partial charge is 0.222 e. The zero-order valence-corrected chi connectivity index (χ0v) is 11.2. The molecule has 2 fully saturated rings. The fourth-order valence-corrected chi connectivity index (χ4v) is 3.45. The number of nitrogens with one attached hydrogen (secondary N) is 1. The van der Waals surface area contributed by atoms with Crippen molar-refractivity contribution in [1.29, 1.82) is 0 Å². The summed E-state index contributed by atoms with van der Waals surface area (Å²) in [5, 5.41) is 3.01. The largest absolute Gasteiger partial charge is 0.382 e. The van der Waals surface area contributed by atoms with Crippen LogP contribution in [0.5, 0.6) is 0 Å². The maximum atomic E-state index is 6.70. The lowest BCUT2D eigenvalue weighted by molar-refractivity contribution is 0.215. The van der Waals surface area contributed by atoms with Crippen molar-refractivity contribution in [3.05, 3.63) is 5.69 Å². The van der Waals surface area contributed by atoms with Gasteiger partial charge in [-0.25, -0.2) is 9.98 Å². The molecule has 2 heterocycles. The van der Waals surface area contributed by atoms with Crippen molar-refractivity contribution in [2.75, 3.05) is 16.8 Å². The Morgan fingerprint density at radius 1 is 1.15 bits per heavy atom. The minimum absolute atomic E-state index is 0.153. The van der Waals surface area contributed by atoms with Crippen LogP contribution in [-0.2, 0) is 5.66 Å². The lowest BCUT2D eigenvalue weighted by Gasteiger charge is -2.37. The molecule has 1 aliphatic heterocycles. The Hall–Kier alpha value is -1.89. The number of nitrogens with zero attached hydrogens (tertiary/aromatic N) is 3. The average Bonchev–Trinajstić information content (AvgIpc) is 3.25. The van der Waals surface area contributed by atoms with Crippen molar-refractivity contribution in [2.24, 2.45) is 28.5 Å². The Morgan fingerprint density at radius 3 is 2.40 bits per heavy atom. The van der Waals surface area contributed by atoms with E-state index in [1.165, 1.54) is 25.7 Å². The molecule has 0 radical (unpaired) electrons. The van der Waals surface area contributed by atoms with Crippen LogP contribution in [0.4, 0.5) is 17.5 Å². The van der Waals surface area contributed by atoms with Gasteiger partial charge in [-0.2, -0.15) is 4.98 Å². The Bertz CT molecular complexity index is 579. The lowest BCUT2D eigenvalue weighted by atomic mass is 9.81. The zero-order valence-electron chi connectivity index (χ0n) is 11.2. The van der Waals surface area contributed by atoms with Gasteiger partial charge in [-0.15, -0.1) is 0 Å². The monoisotopic (exact) mass is 273 g/mol. The van der Waals surface area contributed by atoms with E-state index in [1.807, 2.05) is 0 Å². The Balaban J connectivity index is 1.85. The van der Waals surface area contributed by atoms with Gasteiger partial charge in [0.15, 0.2) is 11.5 Å². The highest BCUT2D eigenvalue weighted by molar-refractivity contribution is 5.86. The molecule has 0 amide bonds. The predicted molar refractivity (Wildman–Crippen MR) is 77.8 cm³/mol. The van der Waals surface area contributed by atoms with Crippen LogP contribution in [0.3, 0.4) is 0 Å². The summed E-state index contributed by atoms with van der Waals surface area (Å²) >= 11 is 0. The first-order chi connectivity index (χ1) is 9.59. The van der Waals surface area contributed by atoms with Gasteiger partial charge in [-0.3, -0.25) is 0 Å². The molecule has 3 aliphatic rings. The number of hydrogen-bond donors (Lipinski definition) is 4. The standard InChI is InChI=1S/C13H19N7/c14-11-9-10(19-12(15)20-11)13(16,18-5-17-9)8(6-1-2-6)7-3-4-7/h5-8H,1-4,16H2,(H,17,18)(H4,14,15,19,20). The molecule has 20 heavy (non-hydrogen) atoms. The van der Waals surface area contributed by atoms with Gasteiger partial charge in [0.05, 0.1) is 6.34 Å². The van der Waals surface area contributed by atoms with Crippen molar-refractivity contribution in [3.63, 3.8) is 0 Å². The Labute approximate surface area is 117 Å². The third kappa shape index (κ3) is 1.66. The van der Waals surface area contributed by atoms with Gasteiger partial charge in [0.1, 0.15) is 11.4 Å². The van der Waals surface area contributed by atoms with E-state index in [1.54, 1.807) is 6.34 Å². The van der Waals surface area contributed by atoms with Crippen LogP contribution in [0.15, 0.2) is 4.99 Å². The quantitative estimate of drug-likeness (QED) is 0.640. The van der Waals surface area contributed by atoms with Gasteiger partial charge >= 0.3 is 0 Å². The molecule has 7 heteroatoms. The summed E-state index contributed by atoms with van der Waals surface area (Å²) in [5.41, 5.74) is 18.9. The first kappa shape index (κ1) is 11.9. The molecule has 7 N–H and O–H groups in total. The SMILES string of the molecule is Nc1nc(N)c2c(n1)C(N)(C(C1CC1)C1CC1)N=CN2. The molecule has 1 unspecified atom stereocenters. The van der Waals surface area contributed by atoms with E-state index in [-0.39, 0.29) is 5.95 Å². The average molecular weight is 273 g/mol. The molecule has 2 aliphatic carbocycles. The molecule has 1 aromatic heterocycles. The van der Waals surface area contributed by atoms with Crippen molar-refractivity contribution in [3.8, 4) is 0 Å². The second kappa shape index (κ2) is 3.82. The van der Waals surface area contributed by atoms with E-state index in [2.05, 4.69) is 20.3 Å². The van der Waals surface area contributed by atoms with Crippen molar-refractivity contribution in [2.45, 2.75) is 31.3 Å². The molecule has 1 aromatic rings. The molecule has 0 bridgehead atoms. The fraction of sp³-hybridized carbons (Fsp3) is 0.615. The minimum atomic E-state index is -0.825. The van der Waals surface area contributed by atoms with Gasteiger partial charge in [-0.1, -0.05) is 0 Å². The number of aliphatic imine (C=N–C) groups is 1. The summed E-state index contributed by atoms with van der Waals surface area (Å²) in [6.45, 7) is 0. The van der Waals surface area contributed by atoms with Crippen LogP contribution in [-0.4, -0.2) is 16.3 Å². The van der Waals surface area contributed by atoms with Gasteiger partial charge in [-0.05, 0) is 37.5 Å². The number of fused-ring (bicyclic) bond motifs is 1. The number of nitrogens with two attached hydrogens (primary N) is 3. The van der Waals surface area contributed by atoms with Crippen LogP contribution in [0.1, 0.15) is 31.4 Å². The highest BCUT2D eigenvalue weighted by atomic mass is 15.2. The van der Waals surface area contributed by atoms with Crippen LogP contribution in [0.2, 0.25) is 0 Å². The zero-order chi connectivity index (χ0) is 13.9. The van der Waals surface area contributed by atoms with Crippen LogP contribution in [0.25, 0.3) is 0 Å². The van der Waals surface area contributed by atoms with Gasteiger partial charge in [0.2, 0.25) is 5.95 Å². The summed E-state index contributed by atoms with van der Waals surface area (Å²) < 4.78 is 0. The number of nitrogen functional groups attached to an aromatic ring is 2. The van der Waals surface area contributed by atoms with Gasteiger partial charge < -0.3 is 22.5 Å². The van der Waals surface area contributed by atoms with Crippen molar-refractivity contribution in [1.82, 2.24) is 9.97 Å². The number of hydrogen-bond acceptors (Lipinski definition) is 7. The highest BCUT2D eigenvalue weighted by Gasteiger charge is 2.54. The lowest BCUT2D eigenvalue weighted by Crippen LogP contribution is -2.48. The van der Waals surface area contributed by atoms with Crippen LogP contribution < -0.4 is 22.5 Å². The fourth-order valence-electron chi connectivity index (χ4n) is 3.45. The maximum Gasteiger partial charge on any atom is 0.222 e. The number of anilines is 3. The molecule has 0 aromatic carbocycles. The first-order valence-corrected chi connectivity index (χ1v) is 7.12. The molecule has 2 saturated carbocycles.